The summed E-state index contributed by atoms with van der Waals surface area (Å²) in [5, 5.41) is 20.1. The molecule has 1 aliphatic rings. The van der Waals surface area contributed by atoms with Crippen LogP contribution in [0.2, 0.25) is 0 Å². The minimum atomic E-state index is -1.21. The third kappa shape index (κ3) is 4.61. The first-order valence-corrected chi connectivity index (χ1v) is 9.58. The summed E-state index contributed by atoms with van der Waals surface area (Å²) in [6, 6.07) is 0. The van der Waals surface area contributed by atoms with Crippen LogP contribution in [0.4, 0.5) is 0 Å². The van der Waals surface area contributed by atoms with E-state index in [9.17, 15) is 19.8 Å². The number of hydrogen-bond acceptors (Lipinski definition) is 2. The van der Waals surface area contributed by atoms with Crippen LogP contribution in [0.5, 0.6) is 0 Å². The van der Waals surface area contributed by atoms with Gasteiger partial charge in [0.2, 0.25) is 0 Å². The van der Waals surface area contributed by atoms with Gasteiger partial charge in [-0.3, -0.25) is 4.79 Å². The summed E-state index contributed by atoms with van der Waals surface area (Å²) >= 11 is 0. The molecule has 0 heterocycles. The topological polar surface area (TPSA) is 74.6 Å². The van der Waals surface area contributed by atoms with E-state index in [0.717, 1.165) is 63.4 Å². The average molecular weight is 338 g/mol. The second-order valence-electron chi connectivity index (χ2n) is 7.28. The van der Waals surface area contributed by atoms with Gasteiger partial charge >= 0.3 is 11.9 Å². The predicted octanol–water partition coefficient (Wildman–Crippen LogP) is 5.42. The Morgan fingerprint density at radius 1 is 1.00 bits per heavy atom. The van der Waals surface area contributed by atoms with Gasteiger partial charge in [0.15, 0.2) is 0 Å². The van der Waals surface area contributed by atoms with Crippen LogP contribution in [-0.4, -0.2) is 22.2 Å². The van der Waals surface area contributed by atoms with E-state index in [0.29, 0.717) is 12.8 Å². The fourth-order valence-electron chi connectivity index (χ4n) is 4.32. The maximum atomic E-state index is 12.4. The van der Waals surface area contributed by atoms with Gasteiger partial charge in [0, 0.05) is 0 Å². The lowest BCUT2D eigenvalue weighted by Gasteiger charge is -2.37. The molecule has 0 bridgehead atoms. The smallest absolute Gasteiger partial charge is 0.332 e. The highest BCUT2D eigenvalue weighted by Gasteiger charge is 2.51. The largest absolute Gasteiger partial charge is 0.481 e. The third-order valence-corrected chi connectivity index (χ3v) is 5.60. The first-order valence-electron chi connectivity index (χ1n) is 9.58. The van der Waals surface area contributed by atoms with Gasteiger partial charge in [-0.05, 0) is 44.9 Å². The Morgan fingerprint density at radius 2 is 1.58 bits per heavy atom. The Balaban J connectivity index is 3.35. The summed E-state index contributed by atoms with van der Waals surface area (Å²) in [6.07, 6.45) is 9.46. The van der Waals surface area contributed by atoms with Crippen LogP contribution in [0, 0.1) is 11.3 Å². The van der Waals surface area contributed by atoms with Gasteiger partial charge in [-0.1, -0.05) is 57.9 Å². The summed E-state index contributed by atoms with van der Waals surface area (Å²) in [5.74, 6) is -2.02. The fraction of sp³-hybridized carbons (Fsp3) is 0.800. The van der Waals surface area contributed by atoms with Crippen molar-refractivity contribution >= 4 is 11.9 Å². The molecular weight excluding hydrogens is 304 g/mol. The minimum Gasteiger partial charge on any atom is -0.481 e. The van der Waals surface area contributed by atoms with Gasteiger partial charge in [0.25, 0.3) is 0 Å². The van der Waals surface area contributed by atoms with Crippen LogP contribution in [0.1, 0.15) is 91.4 Å². The van der Waals surface area contributed by atoms with Gasteiger partial charge in [-0.25, -0.2) is 4.79 Å². The van der Waals surface area contributed by atoms with E-state index < -0.39 is 17.4 Å². The SMILES string of the molecule is CCCCCC(C)=C(C(=O)O)C(CCCC)(C(=O)O)C1CCCC1. The highest BCUT2D eigenvalue weighted by molar-refractivity contribution is 5.97. The normalized spacial score (nSPS) is 19.0. The van der Waals surface area contributed by atoms with Gasteiger partial charge in [-0.15, -0.1) is 0 Å². The van der Waals surface area contributed by atoms with Gasteiger partial charge in [0.05, 0.1) is 5.57 Å². The Kier molecular flexibility index (Phi) is 8.51. The van der Waals surface area contributed by atoms with Gasteiger partial charge in [-0.2, -0.15) is 0 Å². The Morgan fingerprint density at radius 3 is 2.04 bits per heavy atom. The maximum Gasteiger partial charge on any atom is 0.332 e. The summed E-state index contributed by atoms with van der Waals surface area (Å²) in [4.78, 5) is 24.5. The van der Waals surface area contributed by atoms with Crippen molar-refractivity contribution in [1.29, 1.82) is 0 Å². The maximum absolute atomic E-state index is 12.4. The molecule has 0 aromatic carbocycles. The van der Waals surface area contributed by atoms with Crippen LogP contribution >= 0.6 is 0 Å². The molecule has 0 saturated heterocycles. The number of unbranched alkanes of at least 4 members (excludes halogenated alkanes) is 3. The zero-order chi connectivity index (χ0) is 18.2. The predicted molar refractivity (Wildman–Crippen MR) is 96.0 cm³/mol. The molecule has 1 fully saturated rings. The Labute approximate surface area is 146 Å². The zero-order valence-corrected chi connectivity index (χ0v) is 15.6. The van der Waals surface area contributed by atoms with Crippen LogP contribution in [0.3, 0.4) is 0 Å². The molecule has 2 N–H and O–H groups in total. The van der Waals surface area contributed by atoms with E-state index in [-0.39, 0.29) is 11.5 Å². The second-order valence-corrected chi connectivity index (χ2v) is 7.28. The average Bonchev–Trinajstić information content (AvgIpc) is 3.05. The molecule has 1 saturated carbocycles. The molecular formula is C20H34O4. The van der Waals surface area contributed by atoms with Crippen molar-refractivity contribution < 1.29 is 19.8 Å². The number of carboxylic acids is 2. The number of rotatable bonds is 11. The highest BCUT2D eigenvalue weighted by atomic mass is 16.4. The van der Waals surface area contributed by atoms with Gasteiger partial charge < -0.3 is 10.2 Å². The summed E-state index contributed by atoms with van der Waals surface area (Å²) in [6.45, 7) is 5.97. The Bertz CT molecular complexity index is 460. The van der Waals surface area contributed by atoms with E-state index in [4.69, 9.17) is 0 Å². The fourth-order valence-corrected chi connectivity index (χ4v) is 4.32. The van der Waals surface area contributed by atoms with Crippen molar-refractivity contribution in [2.24, 2.45) is 11.3 Å². The number of aliphatic carboxylic acids is 2. The van der Waals surface area contributed by atoms with Crippen LogP contribution in [0.15, 0.2) is 11.1 Å². The van der Waals surface area contributed by atoms with Crippen molar-refractivity contribution in [1.82, 2.24) is 0 Å². The molecule has 0 radical (unpaired) electrons. The summed E-state index contributed by atoms with van der Waals surface area (Å²) in [7, 11) is 0. The Hall–Kier alpha value is -1.32. The van der Waals surface area contributed by atoms with Crippen molar-refractivity contribution in [3.8, 4) is 0 Å². The van der Waals surface area contributed by atoms with Crippen molar-refractivity contribution in [3.05, 3.63) is 11.1 Å². The van der Waals surface area contributed by atoms with Crippen molar-refractivity contribution in [2.45, 2.75) is 91.4 Å². The lowest BCUT2D eigenvalue weighted by Crippen LogP contribution is -2.43. The molecule has 1 unspecified atom stereocenters. The molecule has 24 heavy (non-hydrogen) atoms. The van der Waals surface area contributed by atoms with E-state index in [2.05, 4.69) is 6.92 Å². The molecule has 0 amide bonds. The highest BCUT2D eigenvalue weighted by Crippen LogP contribution is 2.50. The molecule has 0 aliphatic heterocycles. The summed E-state index contributed by atoms with van der Waals surface area (Å²) in [5.41, 5.74) is -0.262. The van der Waals surface area contributed by atoms with E-state index in [1.54, 1.807) is 0 Å². The molecule has 4 heteroatoms. The number of carbonyl (C=O) groups is 2. The molecule has 0 aromatic heterocycles. The quantitative estimate of drug-likeness (QED) is 0.390. The first kappa shape index (κ1) is 20.7. The monoisotopic (exact) mass is 338 g/mol. The molecule has 1 rings (SSSR count). The first-order chi connectivity index (χ1) is 11.4. The molecule has 1 atom stereocenters. The van der Waals surface area contributed by atoms with Crippen molar-refractivity contribution in [3.63, 3.8) is 0 Å². The third-order valence-electron chi connectivity index (χ3n) is 5.60. The molecule has 138 valence electrons. The standard InChI is InChI=1S/C20H34O4/c1-4-6-8-11-15(3)17(18(21)22)20(19(23)24,14-7-5-2)16-12-9-10-13-16/h16H,4-14H2,1-3H3,(H,21,22)(H,23,24). The van der Waals surface area contributed by atoms with Crippen molar-refractivity contribution in [2.75, 3.05) is 0 Å². The zero-order valence-electron chi connectivity index (χ0n) is 15.6. The molecule has 4 nitrogen and oxygen atoms in total. The van der Waals surface area contributed by atoms with Gasteiger partial charge in [0.1, 0.15) is 5.41 Å². The van der Waals surface area contributed by atoms with E-state index in [1.165, 1.54) is 0 Å². The van der Waals surface area contributed by atoms with Crippen LogP contribution in [-0.2, 0) is 9.59 Å². The number of allylic oxidation sites excluding steroid dienone is 1. The van der Waals surface area contributed by atoms with Crippen LogP contribution < -0.4 is 0 Å². The lowest BCUT2D eigenvalue weighted by molar-refractivity contribution is -0.154. The molecule has 0 spiro atoms. The minimum absolute atomic E-state index is 0.0474. The van der Waals surface area contributed by atoms with Crippen LogP contribution in [0.25, 0.3) is 0 Å². The molecule has 1 aliphatic carbocycles. The van der Waals surface area contributed by atoms with E-state index >= 15 is 0 Å². The second kappa shape index (κ2) is 9.85. The number of carboxylic acid groups (broad SMARTS) is 2. The summed E-state index contributed by atoms with van der Waals surface area (Å²) < 4.78 is 0. The lowest BCUT2D eigenvalue weighted by atomic mass is 9.64. The van der Waals surface area contributed by atoms with E-state index in [1.807, 2.05) is 13.8 Å². The molecule has 0 aromatic rings. The number of hydrogen-bond donors (Lipinski definition) is 2.